The molecule has 6 nitrogen and oxygen atoms in total. The molecule has 0 aliphatic heterocycles. The Bertz CT molecular complexity index is 2400. The molecule has 208 valence electrons. The van der Waals surface area contributed by atoms with E-state index in [1.807, 2.05) is 37.1 Å². The van der Waals surface area contributed by atoms with Crippen LogP contribution in [-0.2, 0) is 0 Å². The Morgan fingerprint density at radius 1 is 0.614 bits per heavy atom. The maximum atomic E-state index is 5.48. The summed E-state index contributed by atoms with van der Waals surface area (Å²) in [5.41, 5.74) is 11.9. The quantitative estimate of drug-likeness (QED) is 0.214. The molecule has 0 amide bonds. The molecular formula is C38H26N6. The van der Waals surface area contributed by atoms with Crippen LogP contribution >= 0.6 is 0 Å². The molecule has 0 fully saturated rings. The molecule has 0 saturated carbocycles. The van der Waals surface area contributed by atoms with E-state index in [2.05, 4.69) is 122 Å². The Hall–Kier alpha value is -5.88. The molecule has 6 aromatic heterocycles. The molecule has 1 atom stereocenters. The van der Waals surface area contributed by atoms with Gasteiger partial charge in [0.2, 0.25) is 0 Å². The lowest BCUT2D eigenvalue weighted by Gasteiger charge is -2.24. The number of aromatic nitrogens is 6. The highest BCUT2D eigenvalue weighted by atomic mass is 15.1. The lowest BCUT2D eigenvalue weighted by atomic mass is 9.86. The van der Waals surface area contributed by atoms with Crippen LogP contribution in [-0.4, -0.2) is 29.1 Å². The monoisotopic (exact) mass is 566 g/mol. The standard InChI is InChI=1S/C38H26N6/c1-2-7-29(8-3-1)43-33-10-5-4-9-31(33)37-35(43)24-32-36-34(11-6-16-41-36)44(38(32)42-37)30-22-27(25-12-17-39-18-13-25)21-28(23-30)26-14-19-40-20-15-26/h1-22,24,28H,23H2. The van der Waals surface area contributed by atoms with Crippen LogP contribution in [0.4, 0.5) is 0 Å². The first-order valence-corrected chi connectivity index (χ1v) is 14.8. The van der Waals surface area contributed by atoms with Crippen LogP contribution in [0.2, 0.25) is 0 Å². The normalized spacial score (nSPS) is 15.2. The fourth-order valence-corrected chi connectivity index (χ4v) is 6.74. The Kier molecular flexibility index (Phi) is 5.53. The third-order valence-corrected chi connectivity index (χ3v) is 8.70. The molecule has 6 heterocycles. The number of hydrogen-bond donors (Lipinski definition) is 0. The highest BCUT2D eigenvalue weighted by Crippen LogP contribution is 2.42. The van der Waals surface area contributed by atoms with E-state index >= 15 is 0 Å². The van der Waals surface area contributed by atoms with Crippen LogP contribution in [0, 0.1) is 0 Å². The Balaban J connectivity index is 1.34. The van der Waals surface area contributed by atoms with E-state index in [0.29, 0.717) is 0 Å². The second kappa shape index (κ2) is 9.85. The largest absolute Gasteiger partial charge is 0.308 e. The van der Waals surface area contributed by atoms with Gasteiger partial charge in [0.25, 0.3) is 0 Å². The first-order valence-electron chi connectivity index (χ1n) is 14.8. The van der Waals surface area contributed by atoms with E-state index in [4.69, 9.17) is 9.97 Å². The Morgan fingerprint density at radius 2 is 1.36 bits per heavy atom. The fourth-order valence-electron chi connectivity index (χ4n) is 6.74. The number of nitrogens with zero attached hydrogens (tertiary/aromatic N) is 6. The van der Waals surface area contributed by atoms with Crippen molar-refractivity contribution in [1.29, 1.82) is 0 Å². The van der Waals surface area contributed by atoms with Gasteiger partial charge in [-0.05, 0) is 89.9 Å². The molecule has 0 radical (unpaired) electrons. The molecule has 2 aromatic carbocycles. The minimum Gasteiger partial charge on any atom is -0.308 e. The zero-order valence-electron chi connectivity index (χ0n) is 23.7. The lowest BCUT2D eigenvalue weighted by molar-refractivity contribution is 0.836. The van der Waals surface area contributed by atoms with Gasteiger partial charge >= 0.3 is 0 Å². The predicted molar refractivity (Wildman–Crippen MR) is 177 cm³/mol. The van der Waals surface area contributed by atoms with Crippen molar-refractivity contribution in [3.63, 3.8) is 0 Å². The van der Waals surface area contributed by atoms with Crippen LogP contribution in [0.15, 0.2) is 140 Å². The summed E-state index contributed by atoms with van der Waals surface area (Å²) in [7, 11) is 0. The molecule has 1 aliphatic rings. The second-order valence-electron chi connectivity index (χ2n) is 11.2. The van der Waals surface area contributed by atoms with Gasteiger partial charge in [0.15, 0.2) is 0 Å². The van der Waals surface area contributed by atoms with Crippen molar-refractivity contribution < 1.29 is 0 Å². The molecule has 0 saturated heterocycles. The highest BCUT2D eigenvalue weighted by molar-refractivity contribution is 6.15. The number of rotatable bonds is 4. The van der Waals surface area contributed by atoms with Crippen molar-refractivity contribution in [3.8, 4) is 5.69 Å². The summed E-state index contributed by atoms with van der Waals surface area (Å²) >= 11 is 0. The van der Waals surface area contributed by atoms with Gasteiger partial charge in [-0.3, -0.25) is 19.5 Å². The van der Waals surface area contributed by atoms with Crippen molar-refractivity contribution >= 4 is 55.3 Å². The van der Waals surface area contributed by atoms with Gasteiger partial charge in [0.1, 0.15) is 5.65 Å². The molecular weight excluding hydrogens is 540 g/mol. The Labute approximate surface area is 253 Å². The van der Waals surface area contributed by atoms with Gasteiger partial charge in [-0.2, -0.15) is 0 Å². The van der Waals surface area contributed by atoms with Gasteiger partial charge in [-0.1, -0.05) is 42.5 Å². The van der Waals surface area contributed by atoms with Crippen LogP contribution < -0.4 is 0 Å². The molecule has 6 heteroatoms. The van der Waals surface area contributed by atoms with Crippen molar-refractivity contribution in [3.05, 3.63) is 151 Å². The van der Waals surface area contributed by atoms with Crippen molar-refractivity contribution in [2.75, 3.05) is 0 Å². The van der Waals surface area contributed by atoms with Crippen LogP contribution in [0.1, 0.15) is 23.5 Å². The summed E-state index contributed by atoms with van der Waals surface area (Å²) in [5.74, 6) is 0.175. The molecule has 9 rings (SSSR count). The molecule has 1 aliphatic carbocycles. The zero-order chi connectivity index (χ0) is 29.0. The predicted octanol–water partition coefficient (Wildman–Crippen LogP) is 8.58. The average Bonchev–Trinajstić information content (AvgIpc) is 3.60. The third kappa shape index (κ3) is 3.81. The van der Waals surface area contributed by atoms with E-state index in [-0.39, 0.29) is 5.92 Å². The van der Waals surface area contributed by atoms with Crippen molar-refractivity contribution in [1.82, 2.24) is 29.1 Å². The SMILES string of the molecule is C1=C(c2ccncc2)C=C(n2c3cccnc3c3cc4c(nc32)c2ccccc2n4-c2ccccc2)CC1c1ccncc1. The number of allylic oxidation sites excluding steroid dienone is 4. The summed E-state index contributed by atoms with van der Waals surface area (Å²) in [4.78, 5) is 18.9. The molecule has 0 bridgehead atoms. The summed E-state index contributed by atoms with van der Waals surface area (Å²) in [6.45, 7) is 0. The first kappa shape index (κ1) is 24.7. The lowest BCUT2D eigenvalue weighted by Crippen LogP contribution is -2.09. The van der Waals surface area contributed by atoms with Crippen LogP contribution in [0.25, 0.3) is 61.0 Å². The highest BCUT2D eigenvalue weighted by Gasteiger charge is 2.25. The number of para-hydroxylation sites is 2. The smallest absolute Gasteiger partial charge is 0.147 e. The van der Waals surface area contributed by atoms with E-state index in [0.717, 1.165) is 67.2 Å². The van der Waals surface area contributed by atoms with Gasteiger partial charge in [-0.15, -0.1) is 0 Å². The van der Waals surface area contributed by atoms with Gasteiger partial charge in [-0.25, -0.2) is 4.98 Å². The Morgan fingerprint density at radius 3 is 2.20 bits per heavy atom. The average molecular weight is 567 g/mol. The van der Waals surface area contributed by atoms with Gasteiger partial charge in [0, 0.05) is 59.1 Å². The van der Waals surface area contributed by atoms with Crippen LogP contribution in [0.5, 0.6) is 0 Å². The zero-order valence-corrected chi connectivity index (χ0v) is 23.7. The van der Waals surface area contributed by atoms with E-state index in [1.165, 1.54) is 11.3 Å². The molecule has 44 heavy (non-hydrogen) atoms. The van der Waals surface area contributed by atoms with Crippen molar-refractivity contribution in [2.24, 2.45) is 0 Å². The summed E-state index contributed by atoms with van der Waals surface area (Å²) < 4.78 is 4.64. The summed E-state index contributed by atoms with van der Waals surface area (Å²) in [6.07, 6.45) is 14.8. The molecule has 0 N–H and O–H groups in total. The van der Waals surface area contributed by atoms with Crippen LogP contribution in [0.3, 0.4) is 0 Å². The minimum atomic E-state index is 0.175. The van der Waals surface area contributed by atoms with E-state index in [1.54, 1.807) is 0 Å². The molecule has 1 unspecified atom stereocenters. The number of benzene rings is 2. The topological polar surface area (TPSA) is 61.4 Å². The third-order valence-electron chi connectivity index (χ3n) is 8.70. The summed E-state index contributed by atoms with van der Waals surface area (Å²) in [5, 5.41) is 2.16. The number of fused-ring (bicyclic) bond motifs is 6. The van der Waals surface area contributed by atoms with Crippen molar-refractivity contribution in [2.45, 2.75) is 12.3 Å². The van der Waals surface area contributed by atoms with Gasteiger partial charge in [0.05, 0.1) is 27.6 Å². The number of hydrogen-bond acceptors (Lipinski definition) is 4. The molecule has 0 spiro atoms. The fraction of sp³-hybridized carbons (Fsp3) is 0.0526. The van der Waals surface area contributed by atoms with E-state index < -0.39 is 0 Å². The first-order chi connectivity index (χ1) is 21.8. The second-order valence-corrected chi connectivity index (χ2v) is 11.2. The minimum absolute atomic E-state index is 0.175. The summed E-state index contributed by atoms with van der Waals surface area (Å²) in [6, 6.07) is 33.9. The maximum absolute atomic E-state index is 5.48. The maximum Gasteiger partial charge on any atom is 0.147 e. The molecule has 8 aromatic rings. The van der Waals surface area contributed by atoms with E-state index in [9.17, 15) is 0 Å². The number of pyridine rings is 4. The van der Waals surface area contributed by atoms with Gasteiger partial charge < -0.3 is 4.57 Å².